The van der Waals surface area contributed by atoms with Gasteiger partial charge >= 0.3 is 0 Å². The van der Waals surface area contributed by atoms with Crippen molar-refractivity contribution in [2.24, 2.45) is 11.5 Å². The van der Waals surface area contributed by atoms with Crippen LogP contribution in [0.3, 0.4) is 0 Å². The fraction of sp³-hybridized carbons (Fsp3) is 0.182. The molecule has 0 aliphatic rings. The number of primary amides is 2. The lowest BCUT2D eigenvalue weighted by molar-refractivity contribution is -0.121. The number of hydrogen-bond acceptors (Lipinski definition) is 4. The van der Waals surface area contributed by atoms with Crippen LogP contribution in [0.4, 0.5) is 0 Å². The molecule has 7 heteroatoms. The zero-order chi connectivity index (χ0) is 13.7. The van der Waals surface area contributed by atoms with E-state index >= 15 is 0 Å². The van der Waals surface area contributed by atoms with Crippen LogP contribution in [0.2, 0.25) is 0 Å². The quantitative estimate of drug-likeness (QED) is 0.607. The molecule has 7 nitrogen and oxygen atoms in total. The Labute approximate surface area is 103 Å². The van der Waals surface area contributed by atoms with Gasteiger partial charge in [0.1, 0.15) is 18.8 Å². The van der Waals surface area contributed by atoms with Crippen LogP contribution in [0.25, 0.3) is 0 Å². The normalized spacial score (nSPS) is 9.78. The summed E-state index contributed by atoms with van der Waals surface area (Å²) in [6.07, 6.45) is 0. The number of phenols is 1. The van der Waals surface area contributed by atoms with Crippen molar-refractivity contribution in [2.45, 2.75) is 0 Å². The van der Waals surface area contributed by atoms with Crippen LogP contribution in [0.1, 0.15) is 10.4 Å². The molecule has 0 aliphatic carbocycles. The number of amides is 3. The highest BCUT2D eigenvalue weighted by Crippen LogP contribution is 2.12. The van der Waals surface area contributed by atoms with E-state index in [0.717, 1.165) is 4.90 Å². The van der Waals surface area contributed by atoms with E-state index in [4.69, 9.17) is 11.5 Å². The van der Waals surface area contributed by atoms with E-state index < -0.39 is 30.8 Å². The van der Waals surface area contributed by atoms with Crippen LogP contribution in [-0.4, -0.2) is 40.8 Å². The fourth-order valence-corrected chi connectivity index (χ4v) is 1.40. The highest BCUT2D eigenvalue weighted by atomic mass is 16.3. The topological polar surface area (TPSA) is 127 Å². The number of nitrogens with two attached hydrogens (primary N) is 2. The Morgan fingerprint density at radius 1 is 1.11 bits per heavy atom. The van der Waals surface area contributed by atoms with Crippen LogP contribution in [0.5, 0.6) is 5.75 Å². The Bertz CT molecular complexity index is 471. The predicted molar refractivity (Wildman–Crippen MR) is 62.4 cm³/mol. The molecule has 0 aromatic heterocycles. The third-order valence-electron chi connectivity index (χ3n) is 2.07. The minimum absolute atomic E-state index is 0.0982. The summed E-state index contributed by atoms with van der Waals surface area (Å²) in [5, 5.41) is 9.25. The highest BCUT2D eigenvalue weighted by molar-refractivity contribution is 5.98. The van der Waals surface area contributed by atoms with Crippen molar-refractivity contribution < 1.29 is 19.5 Å². The van der Waals surface area contributed by atoms with Crippen molar-refractivity contribution in [3.05, 3.63) is 29.8 Å². The molecule has 0 saturated carbocycles. The minimum Gasteiger partial charge on any atom is -0.508 e. The molecular formula is C11H13N3O4. The Morgan fingerprint density at radius 3 is 2.11 bits per heavy atom. The summed E-state index contributed by atoms with van der Waals surface area (Å²) in [7, 11) is 0. The summed E-state index contributed by atoms with van der Waals surface area (Å²) in [5.74, 6) is -2.23. The number of nitrogens with zero attached hydrogens (tertiary/aromatic N) is 1. The molecule has 0 heterocycles. The molecule has 0 spiro atoms. The first-order valence-electron chi connectivity index (χ1n) is 5.05. The molecule has 0 unspecified atom stereocenters. The second-order valence-electron chi connectivity index (χ2n) is 3.64. The monoisotopic (exact) mass is 251 g/mol. The Balaban J connectivity index is 2.94. The third-order valence-corrected chi connectivity index (χ3v) is 2.07. The second-order valence-corrected chi connectivity index (χ2v) is 3.64. The van der Waals surface area contributed by atoms with E-state index in [1.165, 1.54) is 24.3 Å². The standard InChI is InChI=1S/C11H13N3O4/c12-9(16)5-14(6-10(13)17)11(18)7-2-1-3-8(15)4-7/h1-4,15H,5-6H2,(H2,12,16)(H2,13,17). The van der Waals surface area contributed by atoms with Gasteiger partial charge in [-0.05, 0) is 18.2 Å². The first-order valence-corrected chi connectivity index (χ1v) is 5.05. The summed E-state index contributed by atoms with van der Waals surface area (Å²) in [5.41, 5.74) is 10.1. The number of rotatable bonds is 5. The molecule has 3 amide bonds. The lowest BCUT2D eigenvalue weighted by Crippen LogP contribution is -2.43. The van der Waals surface area contributed by atoms with E-state index in [2.05, 4.69) is 0 Å². The smallest absolute Gasteiger partial charge is 0.254 e. The minimum atomic E-state index is -0.759. The molecule has 5 N–H and O–H groups in total. The molecule has 0 radical (unpaired) electrons. The highest BCUT2D eigenvalue weighted by Gasteiger charge is 2.19. The van der Waals surface area contributed by atoms with E-state index in [0.29, 0.717) is 0 Å². The van der Waals surface area contributed by atoms with Gasteiger partial charge in [0.15, 0.2) is 0 Å². The zero-order valence-electron chi connectivity index (χ0n) is 9.50. The van der Waals surface area contributed by atoms with Crippen molar-refractivity contribution in [3.63, 3.8) is 0 Å². The molecule has 0 atom stereocenters. The summed E-state index contributed by atoms with van der Waals surface area (Å²) >= 11 is 0. The van der Waals surface area contributed by atoms with Crippen LogP contribution in [-0.2, 0) is 9.59 Å². The molecule has 96 valence electrons. The SMILES string of the molecule is NC(=O)CN(CC(N)=O)C(=O)c1cccc(O)c1. The van der Waals surface area contributed by atoms with Crippen molar-refractivity contribution >= 4 is 17.7 Å². The molecule has 0 aliphatic heterocycles. The summed E-state index contributed by atoms with van der Waals surface area (Å²) in [6.45, 7) is -0.838. The van der Waals surface area contributed by atoms with Gasteiger partial charge in [-0.15, -0.1) is 0 Å². The lowest BCUT2D eigenvalue weighted by atomic mass is 10.2. The van der Waals surface area contributed by atoms with Gasteiger partial charge in [0.2, 0.25) is 11.8 Å². The van der Waals surface area contributed by atoms with Crippen molar-refractivity contribution in [1.82, 2.24) is 4.90 Å². The number of aromatic hydroxyl groups is 1. The summed E-state index contributed by atoms with van der Waals surface area (Å²) < 4.78 is 0. The molecule has 1 rings (SSSR count). The van der Waals surface area contributed by atoms with Gasteiger partial charge in [0.05, 0.1) is 0 Å². The number of carbonyl (C=O) groups is 3. The molecule has 0 bridgehead atoms. The Morgan fingerprint density at radius 2 is 1.67 bits per heavy atom. The van der Waals surface area contributed by atoms with Crippen LogP contribution < -0.4 is 11.5 Å². The second kappa shape index (κ2) is 5.67. The molecule has 0 saturated heterocycles. The zero-order valence-corrected chi connectivity index (χ0v) is 9.50. The number of carbonyl (C=O) groups excluding carboxylic acids is 3. The summed E-state index contributed by atoms with van der Waals surface area (Å²) in [4.78, 5) is 34.5. The van der Waals surface area contributed by atoms with Gasteiger partial charge in [0, 0.05) is 5.56 Å². The summed E-state index contributed by atoms with van der Waals surface area (Å²) in [6, 6.07) is 5.52. The number of phenolic OH excluding ortho intramolecular Hbond substituents is 1. The maximum Gasteiger partial charge on any atom is 0.254 e. The maximum atomic E-state index is 12.0. The van der Waals surface area contributed by atoms with Crippen molar-refractivity contribution in [2.75, 3.05) is 13.1 Å². The van der Waals surface area contributed by atoms with E-state index in [1.807, 2.05) is 0 Å². The van der Waals surface area contributed by atoms with Gasteiger partial charge in [0.25, 0.3) is 5.91 Å². The van der Waals surface area contributed by atoms with E-state index in [1.54, 1.807) is 0 Å². The van der Waals surface area contributed by atoms with Gasteiger partial charge in [-0.1, -0.05) is 6.07 Å². The largest absolute Gasteiger partial charge is 0.508 e. The lowest BCUT2D eigenvalue weighted by Gasteiger charge is -2.19. The molecule has 0 fully saturated rings. The number of hydrogen-bond donors (Lipinski definition) is 3. The Kier molecular flexibility index (Phi) is 4.25. The third kappa shape index (κ3) is 3.78. The maximum absolute atomic E-state index is 12.0. The van der Waals surface area contributed by atoms with Gasteiger partial charge in [-0.25, -0.2) is 0 Å². The van der Waals surface area contributed by atoms with Gasteiger partial charge < -0.3 is 21.5 Å². The van der Waals surface area contributed by atoms with E-state index in [9.17, 15) is 19.5 Å². The average Bonchev–Trinajstić information content (AvgIpc) is 2.26. The predicted octanol–water partition coefficient (Wildman–Crippen LogP) is -1.20. The van der Waals surface area contributed by atoms with Crippen molar-refractivity contribution in [1.29, 1.82) is 0 Å². The van der Waals surface area contributed by atoms with Crippen molar-refractivity contribution in [3.8, 4) is 5.75 Å². The molecule has 1 aromatic rings. The molecule has 18 heavy (non-hydrogen) atoms. The van der Waals surface area contributed by atoms with Crippen LogP contribution in [0.15, 0.2) is 24.3 Å². The molecule has 1 aromatic carbocycles. The average molecular weight is 251 g/mol. The van der Waals surface area contributed by atoms with Crippen LogP contribution in [0, 0.1) is 0 Å². The van der Waals surface area contributed by atoms with E-state index in [-0.39, 0.29) is 11.3 Å². The van der Waals surface area contributed by atoms with Gasteiger partial charge in [-0.2, -0.15) is 0 Å². The van der Waals surface area contributed by atoms with Gasteiger partial charge in [-0.3, -0.25) is 14.4 Å². The Hall–Kier alpha value is -2.57. The van der Waals surface area contributed by atoms with Crippen LogP contribution >= 0.6 is 0 Å². The number of benzene rings is 1. The first-order chi connectivity index (χ1) is 8.40. The fourth-order valence-electron chi connectivity index (χ4n) is 1.40. The molecular weight excluding hydrogens is 238 g/mol. The first kappa shape index (κ1) is 13.5.